The van der Waals surface area contributed by atoms with Crippen molar-refractivity contribution in [3.63, 3.8) is 0 Å². The van der Waals surface area contributed by atoms with Gasteiger partial charge in [-0.2, -0.15) is 0 Å². The molecule has 0 N–H and O–H groups in total. The summed E-state index contributed by atoms with van der Waals surface area (Å²) >= 11 is 0. The van der Waals surface area contributed by atoms with Crippen molar-refractivity contribution in [3.05, 3.63) is 42.0 Å². The first-order valence-corrected chi connectivity index (χ1v) is 10.6. The van der Waals surface area contributed by atoms with Crippen LogP contribution < -0.4 is 4.90 Å². The molecule has 0 aromatic heterocycles. The number of likely N-dealkylation sites (tertiary alicyclic amines) is 1. The zero-order valence-electron chi connectivity index (χ0n) is 18.3. The number of nitrogens with zero attached hydrogens (tertiary/aromatic N) is 3. The molecule has 2 aromatic carbocycles. The Morgan fingerprint density at radius 1 is 0.966 bits per heavy atom. The van der Waals surface area contributed by atoms with Gasteiger partial charge < -0.3 is 19.4 Å². The highest BCUT2D eigenvalue weighted by atomic mass is 16.5. The summed E-state index contributed by atoms with van der Waals surface area (Å²) in [5.41, 5.74) is 1.96. The summed E-state index contributed by atoms with van der Waals surface area (Å²) < 4.78 is 5.80. The molecular weight excluding hydrogens is 362 g/mol. The number of likely N-dealkylation sites (N-methyl/N-ethyl adjacent to an activating group) is 1. The van der Waals surface area contributed by atoms with Crippen LogP contribution in [0, 0.1) is 11.8 Å². The van der Waals surface area contributed by atoms with Gasteiger partial charge in [0.2, 0.25) is 0 Å². The van der Waals surface area contributed by atoms with Crippen molar-refractivity contribution in [2.45, 2.75) is 25.0 Å². The van der Waals surface area contributed by atoms with Crippen molar-refractivity contribution in [1.82, 2.24) is 9.80 Å². The zero-order chi connectivity index (χ0) is 20.7. The van der Waals surface area contributed by atoms with Gasteiger partial charge in [0.1, 0.15) is 0 Å². The summed E-state index contributed by atoms with van der Waals surface area (Å²) in [6.07, 6.45) is 2.38. The van der Waals surface area contributed by atoms with Crippen LogP contribution in [0.5, 0.6) is 0 Å². The van der Waals surface area contributed by atoms with Gasteiger partial charge in [0.25, 0.3) is 5.91 Å². The Bertz CT molecular complexity index is 895. The molecule has 156 valence electrons. The summed E-state index contributed by atoms with van der Waals surface area (Å²) in [6.45, 7) is 1.70. The van der Waals surface area contributed by atoms with E-state index in [0.29, 0.717) is 17.9 Å². The zero-order valence-corrected chi connectivity index (χ0v) is 18.3. The van der Waals surface area contributed by atoms with E-state index in [1.54, 1.807) is 0 Å². The number of carbonyl (C=O) groups excluding carboxylic acids is 1. The predicted octanol–water partition coefficient (Wildman–Crippen LogP) is 3.33. The highest BCUT2D eigenvalue weighted by Gasteiger charge is 2.44. The molecule has 0 radical (unpaired) electrons. The van der Waals surface area contributed by atoms with Crippen LogP contribution in [0.4, 0.5) is 5.69 Å². The molecule has 2 fully saturated rings. The van der Waals surface area contributed by atoms with Gasteiger partial charge in [0.15, 0.2) is 0 Å². The standard InChI is InChI=1S/C24H33N3O2/c1-25(2)21-11-10-20(18-8-6-7-9-19(18)21)24(28)27-14-16-12-22(26(3)4)23(29-5)13-17(16)15-27/h6-11,16-17,22-23H,12-15H2,1-5H3/t16-,17+,22-,23-/m1/s1. The fourth-order valence-electron chi connectivity index (χ4n) is 5.38. The first-order valence-electron chi connectivity index (χ1n) is 10.6. The van der Waals surface area contributed by atoms with Crippen molar-refractivity contribution in [1.29, 1.82) is 0 Å². The van der Waals surface area contributed by atoms with Crippen molar-refractivity contribution < 1.29 is 9.53 Å². The number of fused-ring (bicyclic) bond motifs is 2. The van der Waals surface area contributed by atoms with Gasteiger partial charge in [-0.1, -0.05) is 24.3 Å². The Balaban J connectivity index is 1.60. The first-order chi connectivity index (χ1) is 13.9. The Morgan fingerprint density at radius 2 is 1.62 bits per heavy atom. The van der Waals surface area contributed by atoms with E-state index >= 15 is 0 Å². The van der Waals surface area contributed by atoms with E-state index in [1.807, 2.05) is 39.4 Å². The Kier molecular flexibility index (Phi) is 5.54. The Labute approximate surface area is 174 Å². The molecule has 1 saturated carbocycles. The molecule has 1 aliphatic carbocycles. The maximum Gasteiger partial charge on any atom is 0.254 e. The lowest BCUT2D eigenvalue weighted by Gasteiger charge is -2.40. The Morgan fingerprint density at radius 3 is 2.24 bits per heavy atom. The molecule has 0 unspecified atom stereocenters. The molecule has 5 nitrogen and oxygen atoms in total. The molecule has 0 spiro atoms. The van der Waals surface area contributed by atoms with Gasteiger partial charge in [-0.3, -0.25) is 4.79 Å². The van der Waals surface area contributed by atoms with Crippen molar-refractivity contribution in [2.75, 3.05) is 53.3 Å². The van der Waals surface area contributed by atoms with E-state index in [4.69, 9.17) is 4.74 Å². The van der Waals surface area contributed by atoms with E-state index in [9.17, 15) is 4.79 Å². The number of anilines is 1. The van der Waals surface area contributed by atoms with E-state index in [-0.39, 0.29) is 12.0 Å². The van der Waals surface area contributed by atoms with Crippen LogP contribution in [0.1, 0.15) is 23.2 Å². The summed E-state index contributed by atoms with van der Waals surface area (Å²) in [6, 6.07) is 12.7. The van der Waals surface area contributed by atoms with E-state index in [0.717, 1.165) is 48.0 Å². The second kappa shape index (κ2) is 7.96. The minimum Gasteiger partial charge on any atom is -0.380 e. The molecule has 29 heavy (non-hydrogen) atoms. The maximum absolute atomic E-state index is 13.5. The molecule has 1 amide bonds. The molecule has 4 atom stereocenters. The normalized spacial score (nSPS) is 26.8. The second-order valence-corrected chi connectivity index (χ2v) is 9.08. The minimum absolute atomic E-state index is 0.163. The molecule has 4 rings (SSSR count). The molecular formula is C24H33N3O2. The van der Waals surface area contributed by atoms with Gasteiger partial charge >= 0.3 is 0 Å². The number of rotatable bonds is 4. The molecule has 1 saturated heterocycles. The summed E-state index contributed by atoms with van der Waals surface area (Å²) in [5, 5.41) is 2.17. The number of hydrogen-bond donors (Lipinski definition) is 0. The van der Waals surface area contributed by atoms with Gasteiger partial charge in [-0.25, -0.2) is 0 Å². The number of ether oxygens (including phenoxy) is 1. The second-order valence-electron chi connectivity index (χ2n) is 9.08. The largest absolute Gasteiger partial charge is 0.380 e. The summed E-state index contributed by atoms with van der Waals surface area (Å²) in [4.78, 5) is 20.0. The van der Waals surface area contributed by atoms with Crippen LogP contribution >= 0.6 is 0 Å². The quantitative estimate of drug-likeness (QED) is 0.796. The fourth-order valence-corrected chi connectivity index (χ4v) is 5.38. The van der Waals surface area contributed by atoms with Gasteiger partial charge in [-0.15, -0.1) is 0 Å². The highest BCUT2D eigenvalue weighted by molar-refractivity contribution is 6.10. The molecule has 2 aromatic rings. The van der Waals surface area contributed by atoms with E-state index in [2.05, 4.69) is 47.0 Å². The fraction of sp³-hybridized carbons (Fsp3) is 0.542. The van der Waals surface area contributed by atoms with Crippen LogP contribution in [-0.4, -0.2) is 76.2 Å². The molecule has 1 aliphatic heterocycles. The number of methoxy groups -OCH3 is 1. The molecule has 2 aliphatic rings. The number of hydrogen-bond acceptors (Lipinski definition) is 4. The third kappa shape index (κ3) is 3.62. The molecule has 5 heteroatoms. The average molecular weight is 396 g/mol. The smallest absolute Gasteiger partial charge is 0.254 e. The lowest BCUT2D eigenvalue weighted by atomic mass is 9.77. The lowest BCUT2D eigenvalue weighted by Crippen LogP contribution is -2.47. The van der Waals surface area contributed by atoms with Crippen LogP contribution in [0.25, 0.3) is 10.8 Å². The van der Waals surface area contributed by atoms with Gasteiger partial charge in [-0.05, 0) is 56.3 Å². The van der Waals surface area contributed by atoms with Gasteiger partial charge in [0, 0.05) is 57.0 Å². The predicted molar refractivity (Wildman–Crippen MR) is 119 cm³/mol. The van der Waals surface area contributed by atoms with E-state index in [1.165, 1.54) is 0 Å². The SMILES string of the molecule is CO[C@@H]1C[C@H]2CN(C(=O)c3ccc(N(C)C)c4ccccc34)C[C@H]2C[C@H]1N(C)C. The van der Waals surface area contributed by atoms with Crippen LogP contribution in [0.15, 0.2) is 36.4 Å². The van der Waals surface area contributed by atoms with Crippen LogP contribution in [0.3, 0.4) is 0 Å². The number of carbonyl (C=O) groups is 1. The monoisotopic (exact) mass is 395 g/mol. The van der Waals surface area contributed by atoms with E-state index < -0.39 is 0 Å². The lowest BCUT2D eigenvalue weighted by molar-refractivity contribution is -0.0209. The number of amides is 1. The summed E-state index contributed by atoms with van der Waals surface area (Å²) in [5.74, 6) is 1.26. The third-order valence-electron chi connectivity index (χ3n) is 6.95. The summed E-state index contributed by atoms with van der Waals surface area (Å²) in [7, 11) is 10.2. The van der Waals surface area contributed by atoms with Crippen molar-refractivity contribution in [2.24, 2.45) is 11.8 Å². The molecule has 1 heterocycles. The minimum atomic E-state index is 0.163. The maximum atomic E-state index is 13.5. The molecule has 0 bridgehead atoms. The highest BCUT2D eigenvalue weighted by Crippen LogP contribution is 2.40. The number of benzene rings is 2. The van der Waals surface area contributed by atoms with Gasteiger partial charge in [0.05, 0.1) is 6.10 Å². The van der Waals surface area contributed by atoms with Crippen LogP contribution in [-0.2, 0) is 4.74 Å². The Hall–Kier alpha value is -2.11. The first kappa shape index (κ1) is 20.2. The topological polar surface area (TPSA) is 36.0 Å². The van der Waals surface area contributed by atoms with Crippen LogP contribution in [0.2, 0.25) is 0 Å². The third-order valence-corrected chi connectivity index (χ3v) is 6.95. The van der Waals surface area contributed by atoms with Crippen molar-refractivity contribution >= 4 is 22.4 Å². The average Bonchev–Trinajstić information content (AvgIpc) is 3.14. The van der Waals surface area contributed by atoms with Crippen molar-refractivity contribution in [3.8, 4) is 0 Å².